The zero-order chi connectivity index (χ0) is 15.9. The number of phenols is 1. The predicted molar refractivity (Wildman–Crippen MR) is 86.8 cm³/mol. The number of phenolic OH excluding ortho intramolecular Hbond substituents is 1. The fraction of sp³-hybridized carbons (Fsp3) is 0.579. The summed E-state index contributed by atoms with van der Waals surface area (Å²) in [6, 6.07) is 4.76. The molecule has 2 bridgehead atoms. The van der Waals surface area contributed by atoms with Gasteiger partial charge in [0.2, 0.25) is 0 Å². The third-order valence-corrected chi connectivity index (χ3v) is 6.58. The van der Waals surface area contributed by atoms with E-state index in [0.29, 0.717) is 23.8 Å². The van der Waals surface area contributed by atoms with Crippen molar-refractivity contribution in [3.05, 3.63) is 35.4 Å². The minimum absolute atomic E-state index is 0.175. The molecular formula is C19H23NO3. The number of hydrogen-bond donors (Lipinski definition) is 2. The Labute approximate surface area is 136 Å². The van der Waals surface area contributed by atoms with E-state index in [4.69, 9.17) is 4.74 Å². The van der Waals surface area contributed by atoms with E-state index in [1.54, 1.807) is 6.07 Å². The Morgan fingerprint density at radius 3 is 2.91 bits per heavy atom. The summed E-state index contributed by atoms with van der Waals surface area (Å²) in [6.07, 6.45) is 5.21. The van der Waals surface area contributed by atoms with Gasteiger partial charge in [0, 0.05) is 29.0 Å². The molecule has 2 aliphatic carbocycles. The number of nitrogens with zero attached hydrogens (tertiary/aromatic N) is 1. The Kier molecular flexibility index (Phi) is 2.60. The zero-order valence-electron chi connectivity index (χ0n) is 13.6. The van der Waals surface area contributed by atoms with Gasteiger partial charge < -0.3 is 14.9 Å². The molecule has 2 aliphatic heterocycles. The van der Waals surface area contributed by atoms with Gasteiger partial charge in [-0.25, -0.2) is 0 Å². The van der Waals surface area contributed by atoms with Gasteiger partial charge in [-0.1, -0.05) is 18.2 Å². The summed E-state index contributed by atoms with van der Waals surface area (Å²) in [5.74, 6) is 1.18. The highest BCUT2D eigenvalue weighted by Crippen LogP contribution is 2.62. The van der Waals surface area contributed by atoms with Crippen LogP contribution < -0.4 is 4.74 Å². The van der Waals surface area contributed by atoms with E-state index in [9.17, 15) is 10.2 Å². The molecule has 1 saturated heterocycles. The van der Waals surface area contributed by atoms with Crippen molar-refractivity contribution in [1.29, 1.82) is 0 Å². The third kappa shape index (κ3) is 1.49. The van der Waals surface area contributed by atoms with Crippen LogP contribution in [0.3, 0.4) is 0 Å². The van der Waals surface area contributed by atoms with Crippen LogP contribution in [-0.4, -0.2) is 45.9 Å². The predicted octanol–water partition coefficient (Wildman–Crippen LogP) is 1.98. The van der Waals surface area contributed by atoms with Gasteiger partial charge in [-0.2, -0.15) is 0 Å². The average Bonchev–Trinajstić information content (AvgIpc) is 2.86. The molecule has 5 rings (SSSR count). The number of rotatable bonds is 1. The Balaban J connectivity index is 1.78. The van der Waals surface area contributed by atoms with Crippen molar-refractivity contribution in [2.24, 2.45) is 5.92 Å². The van der Waals surface area contributed by atoms with E-state index >= 15 is 0 Å². The molecule has 1 fully saturated rings. The molecule has 4 aliphatic rings. The lowest BCUT2D eigenvalue weighted by molar-refractivity contribution is -0.0591. The first-order valence-electron chi connectivity index (χ1n) is 8.68. The first-order chi connectivity index (χ1) is 11.0. The molecule has 0 saturated carbocycles. The molecule has 0 aromatic heterocycles. The molecule has 4 nitrogen and oxygen atoms in total. The lowest BCUT2D eigenvalue weighted by atomic mass is 9.53. The Morgan fingerprint density at radius 1 is 1.30 bits per heavy atom. The van der Waals surface area contributed by atoms with Crippen molar-refractivity contribution >= 4 is 0 Å². The normalized spacial score (nSPS) is 40.2. The molecule has 2 heterocycles. The summed E-state index contributed by atoms with van der Waals surface area (Å²) < 4.78 is 6.15. The van der Waals surface area contributed by atoms with Crippen LogP contribution in [0.15, 0.2) is 24.3 Å². The van der Waals surface area contributed by atoms with Crippen molar-refractivity contribution in [3.8, 4) is 11.5 Å². The zero-order valence-corrected chi connectivity index (χ0v) is 13.6. The van der Waals surface area contributed by atoms with Gasteiger partial charge in [-0.15, -0.1) is 0 Å². The van der Waals surface area contributed by atoms with Gasteiger partial charge >= 0.3 is 0 Å². The second kappa shape index (κ2) is 4.31. The van der Waals surface area contributed by atoms with Crippen molar-refractivity contribution in [2.45, 2.75) is 56.4 Å². The molecule has 1 aromatic rings. The standard InChI is InChI=1S/C19H23NO3/c1-10(2)20-8-7-19-12-4-6-15(22)18(19)23-17-14(21)5-3-11(16(17)19)9-13(12)20/h3-6,10,12-13,15,18,21-22H,7-9H2,1-2H3/t12-,13+,15?,18?,19-/m0/s1. The van der Waals surface area contributed by atoms with Crippen LogP contribution in [0.4, 0.5) is 0 Å². The van der Waals surface area contributed by atoms with E-state index < -0.39 is 6.10 Å². The Morgan fingerprint density at radius 2 is 2.13 bits per heavy atom. The lowest BCUT2D eigenvalue weighted by Gasteiger charge is -2.58. The van der Waals surface area contributed by atoms with E-state index in [2.05, 4.69) is 30.9 Å². The molecule has 4 heteroatoms. The summed E-state index contributed by atoms with van der Waals surface area (Å²) in [5.41, 5.74) is 2.29. The summed E-state index contributed by atoms with van der Waals surface area (Å²) in [5, 5.41) is 20.8. The Hall–Kier alpha value is -1.52. The number of benzene rings is 1. The van der Waals surface area contributed by atoms with E-state index in [0.717, 1.165) is 19.4 Å². The van der Waals surface area contributed by atoms with Crippen molar-refractivity contribution in [3.63, 3.8) is 0 Å². The fourth-order valence-electron chi connectivity index (χ4n) is 5.73. The van der Waals surface area contributed by atoms with Gasteiger partial charge in [0.05, 0.1) is 0 Å². The lowest BCUT2D eigenvalue weighted by Crippen LogP contribution is -2.66. The van der Waals surface area contributed by atoms with Crippen LogP contribution in [0, 0.1) is 5.92 Å². The maximum atomic E-state index is 10.5. The summed E-state index contributed by atoms with van der Waals surface area (Å²) >= 11 is 0. The average molecular weight is 313 g/mol. The van der Waals surface area contributed by atoms with Crippen LogP contribution in [0.5, 0.6) is 11.5 Å². The first-order valence-corrected chi connectivity index (χ1v) is 8.68. The van der Waals surface area contributed by atoms with Crippen LogP contribution >= 0.6 is 0 Å². The monoisotopic (exact) mass is 313 g/mol. The number of hydrogen-bond acceptors (Lipinski definition) is 4. The molecule has 1 spiro atoms. The van der Waals surface area contributed by atoms with Crippen molar-refractivity contribution in [1.82, 2.24) is 4.90 Å². The number of aromatic hydroxyl groups is 1. The van der Waals surface area contributed by atoms with E-state index in [-0.39, 0.29) is 17.3 Å². The van der Waals surface area contributed by atoms with Crippen LogP contribution in [0.1, 0.15) is 31.4 Å². The van der Waals surface area contributed by atoms with E-state index in [1.807, 2.05) is 6.08 Å². The second-order valence-corrected chi connectivity index (χ2v) is 7.78. The minimum atomic E-state index is -0.602. The van der Waals surface area contributed by atoms with Crippen molar-refractivity contribution < 1.29 is 14.9 Å². The Bertz CT molecular complexity index is 713. The van der Waals surface area contributed by atoms with Gasteiger partial charge in [-0.3, -0.25) is 4.90 Å². The third-order valence-electron chi connectivity index (χ3n) is 6.58. The molecule has 1 aromatic carbocycles. The maximum Gasteiger partial charge on any atom is 0.165 e. The minimum Gasteiger partial charge on any atom is -0.504 e. The maximum absolute atomic E-state index is 10.5. The van der Waals surface area contributed by atoms with Gasteiger partial charge in [0.1, 0.15) is 12.2 Å². The highest BCUT2D eigenvalue weighted by Gasteiger charge is 2.64. The van der Waals surface area contributed by atoms with Gasteiger partial charge in [0.25, 0.3) is 0 Å². The molecule has 5 atom stereocenters. The SMILES string of the molecule is CC(C)N1CC[C@]23c4c5ccc(O)c4OC2C(O)C=C[C@H]3[C@H]1C5. The fourth-order valence-corrected chi connectivity index (χ4v) is 5.73. The quantitative estimate of drug-likeness (QED) is 0.779. The summed E-state index contributed by atoms with van der Waals surface area (Å²) in [7, 11) is 0. The number of likely N-dealkylation sites (tertiary alicyclic amines) is 1. The molecule has 122 valence electrons. The van der Waals surface area contributed by atoms with Gasteiger partial charge in [0.15, 0.2) is 11.5 Å². The molecule has 0 radical (unpaired) electrons. The first kappa shape index (κ1) is 13.9. The number of aliphatic hydroxyl groups excluding tert-OH is 1. The number of ether oxygens (including phenoxy) is 1. The topological polar surface area (TPSA) is 52.9 Å². The second-order valence-electron chi connectivity index (χ2n) is 7.78. The van der Waals surface area contributed by atoms with E-state index in [1.165, 1.54) is 11.1 Å². The molecule has 23 heavy (non-hydrogen) atoms. The number of aliphatic hydroxyl groups is 1. The van der Waals surface area contributed by atoms with Crippen LogP contribution in [0.2, 0.25) is 0 Å². The van der Waals surface area contributed by atoms with Crippen LogP contribution in [0.25, 0.3) is 0 Å². The molecule has 0 amide bonds. The largest absolute Gasteiger partial charge is 0.504 e. The summed E-state index contributed by atoms with van der Waals surface area (Å²) in [4.78, 5) is 2.60. The highest BCUT2D eigenvalue weighted by molar-refractivity contribution is 5.61. The molecule has 2 unspecified atom stereocenters. The molecule has 2 N–H and O–H groups in total. The smallest absolute Gasteiger partial charge is 0.165 e. The van der Waals surface area contributed by atoms with Gasteiger partial charge in [-0.05, 0) is 44.9 Å². The molecular weight excluding hydrogens is 290 g/mol. The van der Waals surface area contributed by atoms with Crippen molar-refractivity contribution in [2.75, 3.05) is 6.54 Å². The highest BCUT2D eigenvalue weighted by atomic mass is 16.5. The summed E-state index contributed by atoms with van der Waals surface area (Å²) in [6.45, 7) is 5.55. The van der Waals surface area contributed by atoms with Crippen LogP contribution in [-0.2, 0) is 11.8 Å². The number of piperidine rings is 1.